The lowest BCUT2D eigenvalue weighted by molar-refractivity contribution is -0.156. The lowest BCUT2D eigenvalue weighted by Crippen LogP contribution is -2.59. The fourth-order valence-corrected chi connectivity index (χ4v) is 3.16. The summed E-state index contributed by atoms with van der Waals surface area (Å²) in [5.74, 6) is -0.541. The van der Waals surface area contributed by atoms with E-state index in [9.17, 15) is 9.59 Å². The van der Waals surface area contributed by atoms with E-state index in [-0.39, 0.29) is 5.78 Å². The van der Waals surface area contributed by atoms with Crippen LogP contribution in [0.4, 0.5) is 0 Å². The van der Waals surface area contributed by atoms with E-state index in [1.54, 1.807) is 0 Å². The minimum absolute atomic E-state index is 0.122. The zero-order valence-electron chi connectivity index (χ0n) is 11.8. The Kier molecular flexibility index (Phi) is 4.34. The van der Waals surface area contributed by atoms with Gasteiger partial charge in [0.2, 0.25) is 5.78 Å². The summed E-state index contributed by atoms with van der Waals surface area (Å²) >= 11 is 0. The molecule has 5 heteroatoms. The van der Waals surface area contributed by atoms with Gasteiger partial charge in [-0.15, -0.1) is 0 Å². The standard InChI is InChI=1S/C14H22N2O3/c1-3-9-16-10-5-7-14(16,13(18)19-2)12(17)11-6-4-8-15-11/h3-10H2,1-2H3. The molecule has 0 aliphatic carbocycles. The molecule has 0 N–H and O–H groups in total. The van der Waals surface area contributed by atoms with Gasteiger partial charge in [0.1, 0.15) is 0 Å². The highest BCUT2D eigenvalue weighted by Crippen LogP contribution is 2.33. The van der Waals surface area contributed by atoms with E-state index in [1.165, 1.54) is 7.11 Å². The Morgan fingerprint density at radius 3 is 2.79 bits per heavy atom. The third-order valence-corrected chi connectivity index (χ3v) is 4.04. The first-order valence-corrected chi connectivity index (χ1v) is 7.08. The molecule has 106 valence electrons. The molecule has 1 saturated heterocycles. The molecule has 0 aromatic heterocycles. The fraction of sp³-hybridized carbons (Fsp3) is 0.786. The van der Waals surface area contributed by atoms with Crippen molar-refractivity contribution in [3.8, 4) is 0 Å². The van der Waals surface area contributed by atoms with Crippen LogP contribution >= 0.6 is 0 Å². The maximum absolute atomic E-state index is 12.8. The summed E-state index contributed by atoms with van der Waals surface area (Å²) in [6.07, 6.45) is 3.92. The van der Waals surface area contributed by atoms with Gasteiger partial charge in [-0.3, -0.25) is 14.7 Å². The molecule has 0 radical (unpaired) electrons. The SMILES string of the molecule is CCCN1CCCC1(C(=O)OC)C(=O)C1=NCCC1. The van der Waals surface area contributed by atoms with E-state index in [4.69, 9.17) is 4.74 Å². The normalized spacial score (nSPS) is 27.4. The maximum atomic E-state index is 12.8. The highest BCUT2D eigenvalue weighted by atomic mass is 16.5. The second-order valence-corrected chi connectivity index (χ2v) is 5.20. The van der Waals surface area contributed by atoms with Crippen molar-refractivity contribution in [3.63, 3.8) is 0 Å². The van der Waals surface area contributed by atoms with Crippen LogP contribution in [0.15, 0.2) is 4.99 Å². The van der Waals surface area contributed by atoms with Crippen LogP contribution < -0.4 is 0 Å². The summed E-state index contributed by atoms with van der Waals surface area (Å²) in [4.78, 5) is 31.3. The predicted molar refractivity (Wildman–Crippen MR) is 72.4 cm³/mol. The Balaban J connectivity index is 2.33. The third-order valence-electron chi connectivity index (χ3n) is 4.04. The van der Waals surface area contributed by atoms with Crippen LogP contribution in [0.1, 0.15) is 39.0 Å². The highest BCUT2D eigenvalue weighted by Gasteiger charge is 2.55. The van der Waals surface area contributed by atoms with Gasteiger partial charge in [0, 0.05) is 6.54 Å². The molecule has 1 atom stereocenters. The Morgan fingerprint density at radius 1 is 1.42 bits per heavy atom. The van der Waals surface area contributed by atoms with Crippen molar-refractivity contribution in [1.82, 2.24) is 4.90 Å². The van der Waals surface area contributed by atoms with Gasteiger partial charge < -0.3 is 4.74 Å². The van der Waals surface area contributed by atoms with E-state index in [1.807, 2.05) is 4.90 Å². The molecule has 0 aromatic rings. The van der Waals surface area contributed by atoms with Crippen LogP contribution in [0, 0.1) is 0 Å². The minimum atomic E-state index is -1.10. The number of methoxy groups -OCH3 is 1. The van der Waals surface area contributed by atoms with Gasteiger partial charge in [-0.1, -0.05) is 6.92 Å². The topological polar surface area (TPSA) is 59.0 Å². The van der Waals surface area contributed by atoms with Crippen LogP contribution in [0.25, 0.3) is 0 Å². The quantitative estimate of drug-likeness (QED) is 0.554. The van der Waals surface area contributed by atoms with E-state index in [2.05, 4.69) is 11.9 Å². The van der Waals surface area contributed by atoms with Crippen molar-refractivity contribution in [2.75, 3.05) is 26.7 Å². The van der Waals surface area contributed by atoms with Gasteiger partial charge in [0.05, 0.1) is 12.8 Å². The number of ether oxygens (including phenoxy) is 1. The van der Waals surface area contributed by atoms with Gasteiger partial charge in [0.15, 0.2) is 5.54 Å². The second kappa shape index (κ2) is 5.82. The van der Waals surface area contributed by atoms with Crippen molar-refractivity contribution in [1.29, 1.82) is 0 Å². The second-order valence-electron chi connectivity index (χ2n) is 5.20. The van der Waals surface area contributed by atoms with Crippen LogP contribution in [0.3, 0.4) is 0 Å². The first kappa shape index (κ1) is 14.2. The molecule has 1 unspecified atom stereocenters. The number of hydrogen-bond acceptors (Lipinski definition) is 5. The van der Waals surface area contributed by atoms with Crippen molar-refractivity contribution < 1.29 is 14.3 Å². The average molecular weight is 266 g/mol. The molecule has 0 amide bonds. The first-order chi connectivity index (χ1) is 9.16. The third kappa shape index (κ3) is 2.31. The van der Waals surface area contributed by atoms with Crippen molar-refractivity contribution in [3.05, 3.63) is 0 Å². The first-order valence-electron chi connectivity index (χ1n) is 7.08. The number of ketones is 1. The molecule has 2 aliphatic rings. The van der Waals surface area contributed by atoms with E-state index < -0.39 is 11.5 Å². The molecule has 2 rings (SSSR count). The van der Waals surface area contributed by atoms with Gasteiger partial charge in [-0.25, -0.2) is 4.79 Å². The summed E-state index contributed by atoms with van der Waals surface area (Å²) in [7, 11) is 1.36. The summed E-state index contributed by atoms with van der Waals surface area (Å²) in [5, 5.41) is 0. The number of likely N-dealkylation sites (tertiary alicyclic amines) is 1. The van der Waals surface area contributed by atoms with Crippen LogP contribution in [-0.2, 0) is 14.3 Å². The van der Waals surface area contributed by atoms with Crippen LogP contribution in [-0.4, -0.2) is 54.6 Å². The van der Waals surface area contributed by atoms with Crippen molar-refractivity contribution >= 4 is 17.5 Å². The molecule has 19 heavy (non-hydrogen) atoms. The molecule has 1 fully saturated rings. The summed E-state index contributed by atoms with van der Waals surface area (Å²) in [5.41, 5.74) is -0.526. The van der Waals surface area contributed by atoms with Crippen molar-refractivity contribution in [2.45, 2.75) is 44.6 Å². The number of hydrogen-bond donors (Lipinski definition) is 0. The summed E-state index contributed by atoms with van der Waals surface area (Å²) in [6, 6.07) is 0. The molecular formula is C14H22N2O3. The molecule has 0 aromatic carbocycles. The summed E-state index contributed by atoms with van der Waals surface area (Å²) < 4.78 is 4.94. The molecule has 5 nitrogen and oxygen atoms in total. The summed E-state index contributed by atoms with van der Waals surface area (Å²) in [6.45, 7) is 4.28. The smallest absolute Gasteiger partial charge is 0.334 e. The predicted octanol–water partition coefficient (Wildman–Crippen LogP) is 1.21. The lowest BCUT2D eigenvalue weighted by atomic mass is 9.87. The largest absolute Gasteiger partial charge is 0.467 e. The molecule has 0 bridgehead atoms. The Labute approximate surface area is 114 Å². The van der Waals surface area contributed by atoms with E-state index >= 15 is 0 Å². The number of nitrogens with zero attached hydrogens (tertiary/aromatic N) is 2. The zero-order chi connectivity index (χ0) is 13.9. The molecule has 0 saturated carbocycles. The number of aliphatic imine (C=N–C) groups is 1. The van der Waals surface area contributed by atoms with Gasteiger partial charge in [0.25, 0.3) is 0 Å². The number of rotatable bonds is 5. The number of esters is 1. The van der Waals surface area contributed by atoms with E-state index in [0.29, 0.717) is 25.1 Å². The number of carbonyl (C=O) groups is 2. The monoisotopic (exact) mass is 266 g/mol. The number of carbonyl (C=O) groups excluding carboxylic acids is 2. The van der Waals surface area contributed by atoms with Crippen molar-refractivity contribution in [2.24, 2.45) is 4.99 Å². The minimum Gasteiger partial charge on any atom is -0.467 e. The Hall–Kier alpha value is -1.23. The maximum Gasteiger partial charge on any atom is 0.334 e. The molecular weight excluding hydrogens is 244 g/mol. The average Bonchev–Trinajstić information content (AvgIpc) is 3.07. The zero-order valence-corrected chi connectivity index (χ0v) is 11.8. The van der Waals surface area contributed by atoms with Crippen LogP contribution in [0.2, 0.25) is 0 Å². The lowest BCUT2D eigenvalue weighted by Gasteiger charge is -2.34. The molecule has 2 heterocycles. The highest BCUT2D eigenvalue weighted by molar-refractivity contribution is 6.47. The van der Waals surface area contributed by atoms with Gasteiger partial charge in [-0.2, -0.15) is 0 Å². The van der Waals surface area contributed by atoms with E-state index in [0.717, 1.165) is 32.4 Å². The number of Topliss-reactive ketones (excluding diaryl/α,β-unsaturated/α-hetero) is 1. The van der Waals surface area contributed by atoms with Gasteiger partial charge >= 0.3 is 5.97 Å². The Morgan fingerprint density at radius 2 is 2.21 bits per heavy atom. The Bertz CT molecular complexity index is 405. The molecule has 0 spiro atoms. The van der Waals surface area contributed by atoms with Crippen LogP contribution in [0.5, 0.6) is 0 Å². The van der Waals surface area contributed by atoms with Gasteiger partial charge in [-0.05, 0) is 45.2 Å². The fourth-order valence-electron chi connectivity index (χ4n) is 3.16. The molecule has 2 aliphatic heterocycles.